The molecule has 134 valence electrons. The first-order chi connectivity index (χ1) is 11.9. The summed E-state index contributed by atoms with van der Waals surface area (Å²) in [4.78, 5) is 13.6. The molecule has 1 unspecified atom stereocenters. The van der Waals surface area contributed by atoms with Gasteiger partial charge in [0.1, 0.15) is 12.4 Å². The fraction of sp³-hybridized carbons (Fsp3) is 0.278. The van der Waals surface area contributed by atoms with Gasteiger partial charge in [-0.2, -0.15) is 0 Å². The van der Waals surface area contributed by atoms with Gasteiger partial charge < -0.3 is 14.4 Å². The highest BCUT2D eigenvalue weighted by molar-refractivity contribution is 5.80. The molecule has 1 amide bonds. The van der Waals surface area contributed by atoms with E-state index in [0.717, 1.165) is 12.1 Å². The molecule has 25 heavy (non-hydrogen) atoms. The lowest BCUT2D eigenvalue weighted by Crippen LogP contribution is -2.40. The van der Waals surface area contributed by atoms with Crippen LogP contribution in [0.2, 0.25) is 0 Å². The zero-order valence-electron chi connectivity index (χ0n) is 13.8. The SMILES string of the molecule is CC(Oc1ccc(F)c(F)c1)C(=O)N(C)CCOc1ccccc1F. The van der Waals surface area contributed by atoms with E-state index in [1.165, 1.54) is 37.1 Å². The lowest BCUT2D eigenvalue weighted by molar-refractivity contribution is -0.136. The van der Waals surface area contributed by atoms with Crippen LogP contribution in [0, 0.1) is 17.5 Å². The topological polar surface area (TPSA) is 38.8 Å². The van der Waals surface area contributed by atoms with Crippen LogP contribution in [0.25, 0.3) is 0 Å². The number of amides is 1. The van der Waals surface area contributed by atoms with Gasteiger partial charge in [-0.3, -0.25) is 4.79 Å². The van der Waals surface area contributed by atoms with E-state index in [1.54, 1.807) is 12.1 Å². The van der Waals surface area contributed by atoms with Crippen LogP contribution in [0.15, 0.2) is 42.5 Å². The number of likely N-dealkylation sites (N-methyl/N-ethyl adjacent to an activating group) is 1. The molecule has 2 aromatic carbocycles. The first kappa shape index (κ1) is 18.6. The van der Waals surface area contributed by atoms with Crippen LogP contribution in [0.1, 0.15) is 6.92 Å². The van der Waals surface area contributed by atoms with E-state index in [1.807, 2.05) is 0 Å². The number of rotatable bonds is 7. The summed E-state index contributed by atoms with van der Waals surface area (Å²) >= 11 is 0. The fourth-order valence-corrected chi connectivity index (χ4v) is 2.08. The number of para-hydroxylation sites is 1. The first-order valence-corrected chi connectivity index (χ1v) is 7.62. The van der Waals surface area contributed by atoms with Crippen LogP contribution in [0.3, 0.4) is 0 Å². The smallest absolute Gasteiger partial charge is 0.263 e. The normalized spacial score (nSPS) is 11.7. The lowest BCUT2D eigenvalue weighted by Gasteiger charge is -2.22. The van der Waals surface area contributed by atoms with Crippen LogP contribution in [0.4, 0.5) is 13.2 Å². The Balaban J connectivity index is 1.84. The van der Waals surface area contributed by atoms with Crippen molar-refractivity contribution in [1.82, 2.24) is 4.90 Å². The van der Waals surface area contributed by atoms with E-state index in [0.29, 0.717) is 0 Å². The number of benzene rings is 2. The second-order valence-corrected chi connectivity index (χ2v) is 5.37. The second kappa shape index (κ2) is 8.41. The highest BCUT2D eigenvalue weighted by Gasteiger charge is 2.20. The lowest BCUT2D eigenvalue weighted by atomic mass is 10.3. The molecule has 1 atom stereocenters. The molecule has 0 aliphatic carbocycles. The van der Waals surface area contributed by atoms with Gasteiger partial charge in [0, 0.05) is 13.1 Å². The number of hydrogen-bond donors (Lipinski definition) is 0. The van der Waals surface area contributed by atoms with Crippen LogP contribution < -0.4 is 9.47 Å². The van der Waals surface area contributed by atoms with E-state index in [4.69, 9.17) is 9.47 Å². The van der Waals surface area contributed by atoms with E-state index < -0.39 is 23.6 Å². The molecule has 0 saturated heterocycles. The molecule has 0 fully saturated rings. The van der Waals surface area contributed by atoms with Crippen LogP contribution in [-0.2, 0) is 4.79 Å². The molecule has 0 aliphatic heterocycles. The summed E-state index contributed by atoms with van der Waals surface area (Å²) in [6.45, 7) is 1.80. The minimum Gasteiger partial charge on any atom is -0.489 e. The maximum absolute atomic E-state index is 13.4. The van der Waals surface area contributed by atoms with Crippen molar-refractivity contribution in [3.63, 3.8) is 0 Å². The highest BCUT2D eigenvalue weighted by atomic mass is 19.2. The van der Waals surface area contributed by atoms with Gasteiger partial charge in [-0.25, -0.2) is 13.2 Å². The minimum atomic E-state index is -1.05. The molecular weight excluding hydrogens is 335 g/mol. The molecule has 4 nitrogen and oxygen atoms in total. The monoisotopic (exact) mass is 353 g/mol. The summed E-state index contributed by atoms with van der Waals surface area (Å²) in [5, 5.41) is 0. The zero-order chi connectivity index (χ0) is 18.4. The summed E-state index contributed by atoms with van der Waals surface area (Å²) in [5.41, 5.74) is 0. The van der Waals surface area contributed by atoms with Crippen molar-refractivity contribution in [3.8, 4) is 11.5 Å². The van der Waals surface area contributed by atoms with Crippen LogP contribution >= 0.6 is 0 Å². The maximum atomic E-state index is 13.4. The molecule has 0 aromatic heterocycles. The van der Waals surface area contributed by atoms with Crippen molar-refractivity contribution in [1.29, 1.82) is 0 Å². The molecule has 0 saturated carbocycles. The molecule has 0 bridgehead atoms. The molecule has 2 aromatic rings. The third kappa shape index (κ3) is 5.14. The number of halogens is 3. The number of hydrogen-bond acceptors (Lipinski definition) is 3. The highest BCUT2D eigenvalue weighted by Crippen LogP contribution is 2.18. The Labute approximate surface area is 143 Å². The fourth-order valence-electron chi connectivity index (χ4n) is 2.08. The Morgan fingerprint density at radius 2 is 1.80 bits per heavy atom. The van der Waals surface area contributed by atoms with Crippen molar-refractivity contribution in [2.45, 2.75) is 13.0 Å². The van der Waals surface area contributed by atoms with E-state index in [2.05, 4.69) is 0 Å². The number of carbonyl (C=O) groups excluding carboxylic acids is 1. The van der Waals surface area contributed by atoms with E-state index in [-0.39, 0.29) is 30.6 Å². The number of carbonyl (C=O) groups is 1. The average molecular weight is 353 g/mol. The second-order valence-electron chi connectivity index (χ2n) is 5.37. The van der Waals surface area contributed by atoms with Gasteiger partial charge >= 0.3 is 0 Å². The van der Waals surface area contributed by atoms with E-state index in [9.17, 15) is 18.0 Å². The maximum Gasteiger partial charge on any atom is 0.263 e. The largest absolute Gasteiger partial charge is 0.489 e. The van der Waals surface area contributed by atoms with Gasteiger partial charge in [-0.1, -0.05) is 12.1 Å². The Bertz CT molecular complexity index is 739. The summed E-state index contributed by atoms with van der Waals surface area (Å²) in [6.07, 6.45) is -0.900. The molecule has 7 heteroatoms. The molecule has 0 radical (unpaired) electrons. The number of ether oxygens (including phenoxy) is 2. The average Bonchev–Trinajstić information content (AvgIpc) is 2.59. The van der Waals surface area contributed by atoms with Gasteiger partial charge in [0.2, 0.25) is 0 Å². The molecule has 0 aliphatic rings. The third-order valence-electron chi connectivity index (χ3n) is 3.45. The first-order valence-electron chi connectivity index (χ1n) is 7.62. The molecule has 0 N–H and O–H groups in total. The van der Waals surface area contributed by atoms with Crippen molar-refractivity contribution < 1.29 is 27.4 Å². The Hall–Kier alpha value is -2.70. The summed E-state index contributed by atoms with van der Waals surface area (Å²) in [6, 6.07) is 9.01. The predicted octanol–water partition coefficient (Wildman–Crippen LogP) is 3.41. The Kier molecular flexibility index (Phi) is 6.27. The summed E-state index contributed by atoms with van der Waals surface area (Å²) in [7, 11) is 1.54. The summed E-state index contributed by atoms with van der Waals surface area (Å²) < 4.78 is 50.1. The summed E-state index contributed by atoms with van der Waals surface area (Å²) in [5.74, 6) is -2.74. The molecule has 0 heterocycles. The quantitative estimate of drug-likeness (QED) is 0.766. The minimum absolute atomic E-state index is 0.0516. The van der Waals surface area contributed by atoms with Crippen molar-refractivity contribution in [2.24, 2.45) is 0 Å². The Morgan fingerprint density at radius 3 is 2.48 bits per heavy atom. The Morgan fingerprint density at radius 1 is 1.08 bits per heavy atom. The van der Waals surface area contributed by atoms with Gasteiger partial charge in [-0.05, 0) is 31.2 Å². The van der Waals surface area contributed by atoms with Gasteiger partial charge in [0.25, 0.3) is 5.91 Å². The molecule has 0 spiro atoms. The number of nitrogens with zero attached hydrogens (tertiary/aromatic N) is 1. The van der Waals surface area contributed by atoms with Gasteiger partial charge in [0.15, 0.2) is 29.3 Å². The van der Waals surface area contributed by atoms with Crippen LogP contribution in [-0.4, -0.2) is 37.1 Å². The van der Waals surface area contributed by atoms with E-state index >= 15 is 0 Å². The predicted molar refractivity (Wildman–Crippen MR) is 86.0 cm³/mol. The zero-order valence-corrected chi connectivity index (χ0v) is 13.8. The molecule has 2 rings (SSSR count). The van der Waals surface area contributed by atoms with Gasteiger partial charge in [0.05, 0.1) is 6.54 Å². The van der Waals surface area contributed by atoms with Gasteiger partial charge in [-0.15, -0.1) is 0 Å². The standard InChI is InChI=1S/C18H18F3NO3/c1-12(25-13-7-8-14(19)16(21)11-13)18(23)22(2)9-10-24-17-6-4-3-5-15(17)20/h3-8,11-12H,9-10H2,1-2H3. The van der Waals surface area contributed by atoms with Crippen LogP contribution in [0.5, 0.6) is 11.5 Å². The van der Waals surface area contributed by atoms with Crippen molar-refractivity contribution in [2.75, 3.05) is 20.2 Å². The molecular formula is C18H18F3NO3. The van der Waals surface area contributed by atoms with Crippen molar-refractivity contribution >= 4 is 5.91 Å². The third-order valence-corrected chi connectivity index (χ3v) is 3.45. The van der Waals surface area contributed by atoms with Crippen molar-refractivity contribution in [3.05, 3.63) is 59.9 Å².